The minimum atomic E-state index is -0.122. The third-order valence-electron chi connectivity index (χ3n) is 2.31. The molecule has 0 aliphatic heterocycles. The van der Waals surface area contributed by atoms with Crippen LogP contribution in [0.2, 0.25) is 0 Å². The van der Waals surface area contributed by atoms with Crippen molar-refractivity contribution < 1.29 is 4.79 Å². The van der Waals surface area contributed by atoms with Crippen molar-refractivity contribution in [2.75, 3.05) is 13.6 Å². The Kier molecular flexibility index (Phi) is 4.00. The average Bonchev–Trinajstić information content (AvgIpc) is 2.63. The molecule has 0 aliphatic carbocycles. The molecule has 16 heavy (non-hydrogen) atoms. The number of amides is 1. The Balaban J connectivity index is 2.64. The molecule has 0 radical (unpaired) electrons. The Morgan fingerprint density at radius 1 is 1.75 bits per heavy atom. The molecule has 1 rings (SSSR count). The number of thiocarbonyl (C=S) groups is 1. The summed E-state index contributed by atoms with van der Waals surface area (Å²) in [4.78, 5) is 13.9. The zero-order chi connectivity index (χ0) is 12.3. The highest BCUT2D eigenvalue weighted by Crippen LogP contribution is 2.04. The second-order valence-electron chi connectivity index (χ2n) is 3.86. The number of hydrogen-bond donors (Lipinski definition) is 1. The van der Waals surface area contributed by atoms with E-state index in [-0.39, 0.29) is 11.8 Å². The van der Waals surface area contributed by atoms with Gasteiger partial charge in [0.25, 0.3) is 5.91 Å². The van der Waals surface area contributed by atoms with Crippen LogP contribution >= 0.6 is 12.2 Å². The van der Waals surface area contributed by atoms with Gasteiger partial charge in [-0.1, -0.05) is 19.1 Å². The first kappa shape index (κ1) is 12.6. The van der Waals surface area contributed by atoms with Gasteiger partial charge in [0.05, 0.1) is 4.99 Å². The highest BCUT2D eigenvalue weighted by Gasteiger charge is 2.17. The molecule has 1 unspecified atom stereocenters. The maximum absolute atomic E-state index is 11.9. The van der Waals surface area contributed by atoms with Gasteiger partial charge in [0.1, 0.15) is 5.69 Å². The lowest BCUT2D eigenvalue weighted by Gasteiger charge is -2.19. The molecule has 1 aromatic heterocycles. The van der Waals surface area contributed by atoms with E-state index in [0.29, 0.717) is 17.2 Å². The summed E-state index contributed by atoms with van der Waals surface area (Å²) in [5, 5.41) is 4.05. The van der Waals surface area contributed by atoms with Crippen LogP contribution in [-0.2, 0) is 7.05 Å². The van der Waals surface area contributed by atoms with Crippen molar-refractivity contribution >= 4 is 23.1 Å². The highest BCUT2D eigenvalue weighted by molar-refractivity contribution is 7.80. The van der Waals surface area contributed by atoms with Gasteiger partial charge in [-0.05, 0) is 6.07 Å². The summed E-state index contributed by atoms with van der Waals surface area (Å²) in [5.74, 6) is -0.114. The van der Waals surface area contributed by atoms with Gasteiger partial charge in [0.2, 0.25) is 0 Å². The lowest BCUT2D eigenvalue weighted by molar-refractivity contribution is 0.0780. The number of rotatable bonds is 4. The number of aryl methyl sites for hydroxylation is 1. The van der Waals surface area contributed by atoms with Crippen LogP contribution in [0.5, 0.6) is 0 Å². The first-order chi connectivity index (χ1) is 7.41. The van der Waals surface area contributed by atoms with Gasteiger partial charge < -0.3 is 10.6 Å². The number of nitrogens with two attached hydrogens (primary N) is 1. The molecule has 0 saturated carbocycles. The summed E-state index contributed by atoms with van der Waals surface area (Å²) >= 11 is 4.86. The third-order valence-corrected chi connectivity index (χ3v) is 2.72. The number of hydrogen-bond acceptors (Lipinski definition) is 3. The number of nitrogens with zero attached hydrogens (tertiary/aromatic N) is 3. The van der Waals surface area contributed by atoms with Crippen molar-refractivity contribution in [1.29, 1.82) is 0 Å². The van der Waals surface area contributed by atoms with Gasteiger partial charge in [-0.15, -0.1) is 0 Å². The summed E-state index contributed by atoms with van der Waals surface area (Å²) in [5.41, 5.74) is 5.93. The third kappa shape index (κ3) is 3.03. The Labute approximate surface area is 100 Å². The fourth-order valence-corrected chi connectivity index (χ4v) is 1.38. The van der Waals surface area contributed by atoms with Crippen LogP contribution in [-0.4, -0.2) is 39.2 Å². The van der Waals surface area contributed by atoms with Crippen LogP contribution < -0.4 is 5.73 Å². The van der Waals surface area contributed by atoms with E-state index in [1.54, 1.807) is 35.9 Å². The van der Waals surface area contributed by atoms with E-state index in [1.165, 1.54) is 0 Å². The SMILES string of the molecule is CC(CN(C)C(=O)c1ccn(C)n1)C(N)=S. The minimum Gasteiger partial charge on any atom is -0.393 e. The summed E-state index contributed by atoms with van der Waals surface area (Å²) < 4.78 is 1.60. The van der Waals surface area contributed by atoms with E-state index >= 15 is 0 Å². The molecule has 5 nitrogen and oxygen atoms in total. The van der Waals surface area contributed by atoms with Crippen molar-refractivity contribution in [2.24, 2.45) is 18.7 Å². The Morgan fingerprint density at radius 3 is 2.81 bits per heavy atom. The molecule has 88 valence electrons. The van der Waals surface area contributed by atoms with Crippen LogP contribution in [0.3, 0.4) is 0 Å². The van der Waals surface area contributed by atoms with E-state index in [2.05, 4.69) is 5.10 Å². The predicted molar refractivity (Wildman–Crippen MR) is 66.1 cm³/mol. The van der Waals surface area contributed by atoms with E-state index in [1.807, 2.05) is 6.92 Å². The van der Waals surface area contributed by atoms with Gasteiger partial charge in [-0.25, -0.2) is 0 Å². The quantitative estimate of drug-likeness (QED) is 0.774. The number of aromatic nitrogens is 2. The molecule has 1 aromatic rings. The summed E-state index contributed by atoms with van der Waals surface area (Å²) in [6.45, 7) is 2.40. The molecule has 1 amide bonds. The van der Waals surface area contributed by atoms with Crippen molar-refractivity contribution in [1.82, 2.24) is 14.7 Å². The van der Waals surface area contributed by atoms with Crippen LogP contribution in [0.1, 0.15) is 17.4 Å². The molecule has 2 N–H and O–H groups in total. The Morgan fingerprint density at radius 2 is 2.38 bits per heavy atom. The molecule has 0 aromatic carbocycles. The highest BCUT2D eigenvalue weighted by atomic mass is 32.1. The smallest absolute Gasteiger partial charge is 0.274 e. The Hall–Kier alpha value is -1.43. The van der Waals surface area contributed by atoms with Gasteiger partial charge in [0, 0.05) is 32.8 Å². The molecule has 1 heterocycles. The van der Waals surface area contributed by atoms with Gasteiger partial charge in [-0.3, -0.25) is 9.48 Å². The van der Waals surface area contributed by atoms with Crippen molar-refractivity contribution in [2.45, 2.75) is 6.92 Å². The molecule has 0 bridgehead atoms. The first-order valence-electron chi connectivity index (χ1n) is 4.96. The van der Waals surface area contributed by atoms with E-state index < -0.39 is 0 Å². The van der Waals surface area contributed by atoms with Crippen molar-refractivity contribution in [3.63, 3.8) is 0 Å². The fraction of sp³-hybridized carbons (Fsp3) is 0.500. The van der Waals surface area contributed by atoms with Crippen LogP contribution in [0.4, 0.5) is 0 Å². The average molecular weight is 240 g/mol. The van der Waals surface area contributed by atoms with E-state index in [9.17, 15) is 4.79 Å². The van der Waals surface area contributed by atoms with E-state index in [0.717, 1.165) is 0 Å². The largest absolute Gasteiger partial charge is 0.393 e. The molecule has 0 fully saturated rings. The number of carbonyl (C=O) groups is 1. The lowest BCUT2D eigenvalue weighted by Crippen LogP contribution is -2.35. The molecule has 0 aliphatic rings. The number of carbonyl (C=O) groups excluding carboxylic acids is 1. The van der Waals surface area contributed by atoms with Crippen LogP contribution in [0.25, 0.3) is 0 Å². The normalized spacial score (nSPS) is 12.2. The molecule has 6 heteroatoms. The molecular formula is C10H16N4OS. The zero-order valence-electron chi connectivity index (χ0n) is 9.67. The van der Waals surface area contributed by atoms with Crippen LogP contribution in [0, 0.1) is 5.92 Å². The second kappa shape index (κ2) is 5.07. The monoisotopic (exact) mass is 240 g/mol. The predicted octanol–water partition coefficient (Wildman–Crippen LogP) is 0.414. The van der Waals surface area contributed by atoms with Gasteiger partial charge in [-0.2, -0.15) is 5.10 Å². The molecule has 0 saturated heterocycles. The zero-order valence-corrected chi connectivity index (χ0v) is 10.5. The van der Waals surface area contributed by atoms with Crippen molar-refractivity contribution in [3.05, 3.63) is 18.0 Å². The minimum absolute atomic E-state index is 0.00709. The molecule has 0 spiro atoms. The summed E-state index contributed by atoms with van der Waals surface area (Å²) in [7, 11) is 3.49. The topological polar surface area (TPSA) is 64.2 Å². The van der Waals surface area contributed by atoms with Crippen molar-refractivity contribution in [3.8, 4) is 0 Å². The first-order valence-corrected chi connectivity index (χ1v) is 5.37. The Bertz CT molecular complexity index is 401. The van der Waals surface area contributed by atoms with E-state index in [4.69, 9.17) is 18.0 Å². The summed E-state index contributed by atoms with van der Waals surface area (Å²) in [6, 6.07) is 1.68. The van der Waals surface area contributed by atoms with Gasteiger partial charge in [0.15, 0.2) is 0 Å². The maximum atomic E-state index is 11.9. The fourth-order valence-electron chi connectivity index (χ4n) is 1.31. The van der Waals surface area contributed by atoms with Gasteiger partial charge >= 0.3 is 0 Å². The van der Waals surface area contributed by atoms with Crippen LogP contribution in [0.15, 0.2) is 12.3 Å². The maximum Gasteiger partial charge on any atom is 0.274 e. The standard InChI is InChI=1S/C10H16N4OS/c1-7(9(11)16)6-13(2)10(15)8-4-5-14(3)12-8/h4-5,7H,6H2,1-3H3,(H2,11,16). The molecular weight excluding hydrogens is 224 g/mol. The summed E-state index contributed by atoms with van der Waals surface area (Å²) in [6.07, 6.45) is 1.73. The molecule has 1 atom stereocenters. The lowest BCUT2D eigenvalue weighted by atomic mass is 10.1. The second-order valence-corrected chi connectivity index (χ2v) is 4.34.